The van der Waals surface area contributed by atoms with Crippen LogP contribution in [0.25, 0.3) is 0 Å². The third kappa shape index (κ3) is 3.45. The second-order valence-corrected chi connectivity index (χ2v) is 6.42. The van der Waals surface area contributed by atoms with E-state index in [0.717, 1.165) is 23.8 Å². The van der Waals surface area contributed by atoms with Crippen molar-refractivity contribution in [3.8, 4) is 0 Å². The van der Waals surface area contributed by atoms with E-state index in [0.29, 0.717) is 0 Å². The van der Waals surface area contributed by atoms with Crippen LogP contribution in [0, 0.1) is 17.8 Å². The Balaban J connectivity index is 1.74. The summed E-state index contributed by atoms with van der Waals surface area (Å²) >= 11 is 0. The molecule has 1 heterocycles. The summed E-state index contributed by atoms with van der Waals surface area (Å²) in [6, 6.07) is 0.866. The van der Waals surface area contributed by atoms with E-state index in [-0.39, 0.29) is 0 Å². The molecule has 0 bridgehead atoms. The van der Waals surface area contributed by atoms with E-state index in [1.54, 1.807) is 0 Å². The summed E-state index contributed by atoms with van der Waals surface area (Å²) in [6.45, 7) is 8.50. The fourth-order valence-electron chi connectivity index (χ4n) is 3.62. The normalized spacial score (nSPS) is 38.8. The van der Waals surface area contributed by atoms with Crippen LogP contribution in [0.15, 0.2) is 0 Å². The van der Waals surface area contributed by atoms with Gasteiger partial charge >= 0.3 is 0 Å². The zero-order valence-electron chi connectivity index (χ0n) is 11.9. The topological polar surface area (TPSA) is 15.3 Å². The lowest BCUT2D eigenvalue weighted by molar-refractivity contribution is 0.139. The van der Waals surface area contributed by atoms with Gasteiger partial charge in [0.05, 0.1) is 0 Å². The number of hydrogen-bond acceptors (Lipinski definition) is 2. The van der Waals surface area contributed by atoms with Crippen molar-refractivity contribution in [2.24, 2.45) is 17.8 Å². The fraction of sp³-hybridized carbons (Fsp3) is 1.00. The maximum absolute atomic E-state index is 3.52. The van der Waals surface area contributed by atoms with E-state index in [1.807, 2.05) is 0 Å². The zero-order chi connectivity index (χ0) is 12.3. The van der Waals surface area contributed by atoms with Crippen molar-refractivity contribution in [3.63, 3.8) is 0 Å². The van der Waals surface area contributed by atoms with Crippen LogP contribution in [-0.4, -0.2) is 37.6 Å². The fourth-order valence-corrected chi connectivity index (χ4v) is 3.62. The van der Waals surface area contributed by atoms with Crippen LogP contribution >= 0.6 is 0 Å². The third-order valence-corrected chi connectivity index (χ3v) is 5.22. The molecular weight excluding hydrogens is 208 g/mol. The molecule has 1 saturated heterocycles. The van der Waals surface area contributed by atoms with Gasteiger partial charge < -0.3 is 10.2 Å². The summed E-state index contributed by atoms with van der Waals surface area (Å²) in [6.07, 6.45) is 7.18. The van der Waals surface area contributed by atoms with Gasteiger partial charge in [-0.2, -0.15) is 0 Å². The van der Waals surface area contributed by atoms with Crippen LogP contribution in [-0.2, 0) is 0 Å². The molecule has 0 aromatic rings. The average Bonchev–Trinajstić information content (AvgIpc) is 2.75. The largest absolute Gasteiger partial charge is 0.316 e. The molecule has 17 heavy (non-hydrogen) atoms. The van der Waals surface area contributed by atoms with Crippen LogP contribution < -0.4 is 5.32 Å². The minimum absolute atomic E-state index is 0.865. The molecule has 0 aromatic heterocycles. The van der Waals surface area contributed by atoms with Gasteiger partial charge in [-0.25, -0.2) is 0 Å². The predicted octanol–water partition coefficient (Wildman–Crippen LogP) is 2.74. The quantitative estimate of drug-likeness (QED) is 0.810. The molecule has 2 heteroatoms. The summed E-state index contributed by atoms with van der Waals surface area (Å²) in [5.74, 6) is 2.76. The van der Waals surface area contributed by atoms with Gasteiger partial charge in [0.25, 0.3) is 0 Å². The highest BCUT2D eigenvalue weighted by atomic mass is 15.1. The maximum atomic E-state index is 3.52. The molecule has 2 aliphatic rings. The molecule has 1 saturated carbocycles. The molecule has 100 valence electrons. The summed E-state index contributed by atoms with van der Waals surface area (Å²) in [5, 5.41) is 3.52. The van der Waals surface area contributed by atoms with Crippen molar-refractivity contribution in [1.29, 1.82) is 0 Å². The average molecular weight is 238 g/mol. The number of nitrogens with zero attached hydrogens (tertiary/aromatic N) is 1. The highest BCUT2D eigenvalue weighted by Gasteiger charge is 2.28. The highest BCUT2D eigenvalue weighted by Crippen LogP contribution is 2.30. The van der Waals surface area contributed by atoms with E-state index in [1.165, 1.54) is 51.7 Å². The Morgan fingerprint density at radius 2 is 1.82 bits per heavy atom. The number of hydrogen-bond donors (Lipinski definition) is 1. The van der Waals surface area contributed by atoms with Crippen molar-refractivity contribution in [3.05, 3.63) is 0 Å². The molecule has 0 radical (unpaired) electrons. The first kappa shape index (κ1) is 13.4. The Morgan fingerprint density at radius 3 is 2.35 bits per heavy atom. The minimum Gasteiger partial charge on any atom is -0.316 e. The SMILES string of the molecule is CCC1CCC(N(C)CC2CNCC2C)CC1. The van der Waals surface area contributed by atoms with Gasteiger partial charge in [-0.05, 0) is 63.6 Å². The van der Waals surface area contributed by atoms with Crippen LogP contribution in [0.3, 0.4) is 0 Å². The number of rotatable bonds is 4. The van der Waals surface area contributed by atoms with Crippen molar-refractivity contribution >= 4 is 0 Å². The smallest absolute Gasteiger partial charge is 0.00925 e. The van der Waals surface area contributed by atoms with E-state index in [4.69, 9.17) is 0 Å². The van der Waals surface area contributed by atoms with Gasteiger partial charge in [0.15, 0.2) is 0 Å². The van der Waals surface area contributed by atoms with Crippen molar-refractivity contribution in [1.82, 2.24) is 10.2 Å². The van der Waals surface area contributed by atoms with Crippen molar-refractivity contribution in [2.45, 2.75) is 52.0 Å². The van der Waals surface area contributed by atoms with Crippen molar-refractivity contribution in [2.75, 3.05) is 26.7 Å². The van der Waals surface area contributed by atoms with Gasteiger partial charge in [0, 0.05) is 12.6 Å². The van der Waals surface area contributed by atoms with Gasteiger partial charge in [0.2, 0.25) is 0 Å². The zero-order valence-corrected chi connectivity index (χ0v) is 11.9. The lowest BCUT2D eigenvalue weighted by Crippen LogP contribution is -2.39. The Morgan fingerprint density at radius 1 is 1.12 bits per heavy atom. The Kier molecular flexibility index (Phi) is 4.87. The molecular formula is C15H30N2. The second kappa shape index (κ2) is 6.19. The van der Waals surface area contributed by atoms with Gasteiger partial charge in [0.1, 0.15) is 0 Å². The van der Waals surface area contributed by atoms with E-state index in [2.05, 4.69) is 31.1 Å². The molecule has 1 aliphatic carbocycles. The molecule has 0 spiro atoms. The number of nitrogens with one attached hydrogen (secondary N) is 1. The summed E-state index contributed by atoms with van der Waals surface area (Å²) in [5.41, 5.74) is 0. The van der Waals surface area contributed by atoms with E-state index < -0.39 is 0 Å². The van der Waals surface area contributed by atoms with Crippen LogP contribution in [0.2, 0.25) is 0 Å². The minimum atomic E-state index is 0.865. The molecule has 0 amide bonds. The Bertz CT molecular complexity index is 221. The van der Waals surface area contributed by atoms with E-state index in [9.17, 15) is 0 Å². The van der Waals surface area contributed by atoms with Gasteiger partial charge in [-0.3, -0.25) is 0 Å². The third-order valence-electron chi connectivity index (χ3n) is 5.22. The maximum Gasteiger partial charge on any atom is 0.00925 e. The molecule has 1 aliphatic heterocycles. The van der Waals surface area contributed by atoms with E-state index >= 15 is 0 Å². The lowest BCUT2D eigenvalue weighted by atomic mass is 9.83. The van der Waals surface area contributed by atoms with Crippen LogP contribution in [0.1, 0.15) is 46.0 Å². The van der Waals surface area contributed by atoms with Crippen molar-refractivity contribution < 1.29 is 0 Å². The summed E-state index contributed by atoms with van der Waals surface area (Å²) < 4.78 is 0. The molecule has 2 fully saturated rings. The molecule has 0 aromatic carbocycles. The molecule has 2 atom stereocenters. The Labute approximate surface area is 107 Å². The highest BCUT2D eigenvalue weighted by molar-refractivity contribution is 4.84. The van der Waals surface area contributed by atoms with Gasteiger partial charge in [-0.15, -0.1) is 0 Å². The lowest BCUT2D eigenvalue weighted by Gasteiger charge is -2.36. The molecule has 2 unspecified atom stereocenters. The first-order valence-electron chi connectivity index (χ1n) is 7.61. The molecule has 2 nitrogen and oxygen atoms in total. The first-order valence-corrected chi connectivity index (χ1v) is 7.61. The monoisotopic (exact) mass is 238 g/mol. The second-order valence-electron chi connectivity index (χ2n) is 6.42. The standard InChI is InChI=1S/C15H30N2/c1-4-13-5-7-15(8-6-13)17(3)11-14-10-16-9-12(14)2/h12-16H,4-11H2,1-3H3. The predicted molar refractivity (Wildman–Crippen MR) is 74.2 cm³/mol. The summed E-state index contributed by atoms with van der Waals surface area (Å²) in [4.78, 5) is 2.65. The molecule has 2 rings (SSSR count). The first-order chi connectivity index (χ1) is 8.20. The van der Waals surface area contributed by atoms with Crippen LogP contribution in [0.4, 0.5) is 0 Å². The molecule has 1 N–H and O–H groups in total. The van der Waals surface area contributed by atoms with Gasteiger partial charge in [-0.1, -0.05) is 20.3 Å². The summed E-state index contributed by atoms with van der Waals surface area (Å²) in [7, 11) is 2.35. The van der Waals surface area contributed by atoms with Crippen LogP contribution in [0.5, 0.6) is 0 Å². The Hall–Kier alpha value is -0.0800.